The number of hydrogen-bond acceptors (Lipinski definition) is 3. The van der Waals surface area contributed by atoms with Crippen LogP contribution in [-0.2, 0) is 6.54 Å². The Morgan fingerprint density at radius 3 is 3.00 bits per heavy atom. The highest BCUT2D eigenvalue weighted by Crippen LogP contribution is 2.23. The second-order valence-electron chi connectivity index (χ2n) is 5.69. The van der Waals surface area contributed by atoms with E-state index in [9.17, 15) is 0 Å². The van der Waals surface area contributed by atoms with E-state index >= 15 is 0 Å². The third-order valence-electron chi connectivity index (χ3n) is 3.71. The third-order valence-corrected chi connectivity index (χ3v) is 4.44. The van der Waals surface area contributed by atoms with Gasteiger partial charge in [0.15, 0.2) is 0 Å². The average Bonchev–Trinajstić information content (AvgIpc) is 2.76. The Morgan fingerprint density at radius 2 is 2.35 bits per heavy atom. The molecular formula is C14H24N2S. The van der Waals surface area contributed by atoms with Gasteiger partial charge in [-0.1, -0.05) is 13.3 Å². The fourth-order valence-corrected chi connectivity index (χ4v) is 3.17. The highest BCUT2D eigenvalue weighted by Gasteiger charge is 2.33. The van der Waals surface area contributed by atoms with Crippen molar-refractivity contribution in [1.82, 2.24) is 10.2 Å². The standard InChI is InChI=1S/C14H24N2S/c1-4-5-13-9-16(14(2,3)11-15-13)8-12-6-7-17-10-12/h6-7,10,13,15H,4-5,8-9,11H2,1-3H3. The molecule has 0 aliphatic carbocycles. The van der Waals surface area contributed by atoms with Crippen LogP contribution in [0.4, 0.5) is 0 Å². The summed E-state index contributed by atoms with van der Waals surface area (Å²) >= 11 is 1.80. The SMILES string of the molecule is CCCC1CN(Cc2ccsc2)C(C)(C)CN1. The molecule has 0 bridgehead atoms. The van der Waals surface area contributed by atoms with Gasteiger partial charge in [0, 0.05) is 31.2 Å². The smallest absolute Gasteiger partial charge is 0.0281 e. The Hall–Kier alpha value is -0.380. The Bertz CT molecular complexity index is 332. The van der Waals surface area contributed by atoms with Crippen LogP contribution in [0.1, 0.15) is 39.2 Å². The highest BCUT2D eigenvalue weighted by molar-refractivity contribution is 7.07. The molecule has 1 aromatic heterocycles. The molecule has 1 saturated heterocycles. The van der Waals surface area contributed by atoms with Crippen molar-refractivity contribution < 1.29 is 0 Å². The molecule has 3 heteroatoms. The second kappa shape index (κ2) is 5.51. The molecule has 2 nitrogen and oxygen atoms in total. The molecule has 1 N–H and O–H groups in total. The maximum Gasteiger partial charge on any atom is 0.0281 e. The summed E-state index contributed by atoms with van der Waals surface area (Å²) in [6.07, 6.45) is 2.56. The average molecular weight is 252 g/mol. The summed E-state index contributed by atoms with van der Waals surface area (Å²) in [6.45, 7) is 10.3. The van der Waals surface area contributed by atoms with Crippen molar-refractivity contribution in [2.24, 2.45) is 0 Å². The zero-order valence-corrected chi connectivity index (χ0v) is 12.0. The second-order valence-corrected chi connectivity index (χ2v) is 6.47. The Kier molecular flexibility index (Phi) is 4.23. The molecular weight excluding hydrogens is 228 g/mol. The number of thiophene rings is 1. The number of nitrogens with zero attached hydrogens (tertiary/aromatic N) is 1. The molecule has 17 heavy (non-hydrogen) atoms. The molecule has 1 aromatic rings. The number of hydrogen-bond donors (Lipinski definition) is 1. The van der Waals surface area contributed by atoms with E-state index in [0.717, 1.165) is 13.1 Å². The lowest BCUT2D eigenvalue weighted by Crippen LogP contribution is -2.61. The molecule has 1 fully saturated rings. The van der Waals surface area contributed by atoms with Crippen LogP contribution < -0.4 is 5.32 Å². The number of nitrogens with one attached hydrogen (secondary N) is 1. The quantitative estimate of drug-likeness (QED) is 0.886. The largest absolute Gasteiger partial charge is 0.311 e. The van der Waals surface area contributed by atoms with Crippen LogP contribution in [0.25, 0.3) is 0 Å². The zero-order chi connectivity index (χ0) is 12.3. The van der Waals surface area contributed by atoms with E-state index in [1.54, 1.807) is 11.3 Å². The van der Waals surface area contributed by atoms with Gasteiger partial charge in [-0.2, -0.15) is 11.3 Å². The molecule has 2 rings (SSSR count). The molecule has 1 aliphatic rings. The van der Waals surface area contributed by atoms with E-state index in [0.29, 0.717) is 6.04 Å². The van der Waals surface area contributed by atoms with Gasteiger partial charge in [0.25, 0.3) is 0 Å². The van der Waals surface area contributed by atoms with Crippen LogP contribution in [0.2, 0.25) is 0 Å². The number of rotatable bonds is 4. The first-order chi connectivity index (χ1) is 8.12. The van der Waals surface area contributed by atoms with Crippen molar-refractivity contribution in [1.29, 1.82) is 0 Å². The van der Waals surface area contributed by atoms with Crippen LogP contribution in [0.5, 0.6) is 0 Å². The topological polar surface area (TPSA) is 15.3 Å². The molecule has 0 radical (unpaired) electrons. The van der Waals surface area contributed by atoms with Crippen molar-refractivity contribution in [3.63, 3.8) is 0 Å². The predicted octanol–water partition coefficient (Wildman–Crippen LogP) is 3.10. The molecule has 0 spiro atoms. The first-order valence-corrected chi connectivity index (χ1v) is 7.55. The van der Waals surface area contributed by atoms with Crippen molar-refractivity contribution in [2.45, 2.75) is 51.7 Å². The first-order valence-electron chi connectivity index (χ1n) is 6.61. The van der Waals surface area contributed by atoms with Gasteiger partial charge in [-0.3, -0.25) is 4.90 Å². The lowest BCUT2D eigenvalue weighted by molar-refractivity contribution is 0.0565. The molecule has 1 unspecified atom stereocenters. The van der Waals surface area contributed by atoms with Crippen molar-refractivity contribution >= 4 is 11.3 Å². The van der Waals surface area contributed by atoms with Crippen molar-refractivity contribution in [3.05, 3.63) is 22.4 Å². The minimum Gasteiger partial charge on any atom is -0.311 e. The van der Waals surface area contributed by atoms with Gasteiger partial charge >= 0.3 is 0 Å². The summed E-state index contributed by atoms with van der Waals surface area (Å²) in [4.78, 5) is 2.63. The van der Waals surface area contributed by atoms with E-state index in [1.807, 2.05) is 0 Å². The van der Waals surface area contributed by atoms with Crippen LogP contribution in [0, 0.1) is 0 Å². The highest BCUT2D eigenvalue weighted by atomic mass is 32.1. The van der Waals surface area contributed by atoms with Crippen LogP contribution in [0.15, 0.2) is 16.8 Å². The summed E-state index contributed by atoms with van der Waals surface area (Å²) in [5.41, 5.74) is 1.73. The summed E-state index contributed by atoms with van der Waals surface area (Å²) in [5, 5.41) is 8.13. The van der Waals surface area contributed by atoms with E-state index < -0.39 is 0 Å². The van der Waals surface area contributed by atoms with Gasteiger partial charge in [0.2, 0.25) is 0 Å². The minimum absolute atomic E-state index is 0.270. The predicted molar refractivity (Wildman–Crippen MR) is 75.5 cm³/mol. The molecule has 0 amide bonds. The minimum atomic E-state index is 0.270. The molecule has 1 aliphatic heterocycles. The van der Waals surface area contributed by atoms with Crippen LogP contribution in [-0.4, -0.2) is 29.6 Å². The van der Waals surface area contributed by atoms with Gasteiger partial charge in [0.1, 0.15) is 0 Å². The van der Waals surface area contributed by atoms with Gasteiger partial charge in [-0.25, -0.2) is 0 Å². The monoisotopic (exact) mass is 252 g/mol. The molecule has 96 valence electrons. The van der Waals surface area contributed by atoms with E-state index in [2.05, 4.69) is 47.8 Å². The maximum atomic E-state index is 3.68. The molecule has 1 atom stereocenters. The lowest BCUT2D eigenvalue weighted by atomic mass is 9.95. The Morgan fingerprint density at radius 1 is 1.53 bits per heavy atom. The molecule has 0 aromatic carbocycles. The Labute approximate surface area is 109 Å². The summed E-state index contributed by atoms with van der Waals surface area (Å²) < 4.78 is 0. The van der Waals surface area contributed by atoms with Gasteiger partial charge in [-0.15, -0.1) is 0 Å². The van der Waals surface area contributed by atoms with E-state index in [-0.39, 0.29) is 5.54 Å². The fraction of sp³-hybridized carbons (Fsp3) is 0.714. The van der Waals surface area contributed by atoms with Gasteiger partial charge in [-0.05, 0) is 42.7 Å². The summed E-state index contributed by atoms with van der Waals surface area (Å²) in [5.74, 6) is 0. The van der Waals surface area contributed by atoms with Crippen molar-refractivity contribution in [2.75, 3.05) is 13.1 Å². The van der Waals surface area contributed by atoms with Gasteiger partial charge in [0.05, 0.1) is 0 Å². The zero-order valence-electron chi connectivity index (χ0n) is 11.2. The lowest BCUT2D eigenvalue weighted by Gasteiger charge is -2.46. The number of piperazine rings is 1. The van der Waals surface area contributed by atoms with E-state index in [1.165, 1.54) is 24.9 Å². The van der Waals surface area contributed by atoms with Crippen LogP contribution in [0.3, 0.4) is 0 Å². The third kappa shape index (κ3) is 3.30. The van der Waals surface area contributed by atoms with E-state index in [4.69, 9.17) is 0 Å². The Balaban J connectivity index is 2.00. The normalized spacial score (nSPS) is 25.0. The summed E-state index contributed by atoms with van der Waals surface area (Å²) in [6, 6.07) is 2.92. The molecule has 0 saturated carbocycles. The van der Waals surface area contributed by atoms with Gasteiger partial charge < -0.3 is 5.32 Å². The maximum absolute atomic E-state index is 3.68. The van der Waals surface area contributed by atoms with Crippen LogP contribution >= 0.6 is 11.3 Å². The fourth-order valence-electron chi connectivity index (χ4n) is 2.51. The summed E-state index contributed by atoms with van der Waals surface area (Å²) in [7, 11) is 0. The van der Waals surface area contributed by atoms with Crippen molar-refractivity contribution in [3.8, 4) is 0 Å². The molecule has 2 heterocycles. The first kappa shape index (κ1) is 13.1.